The number of halogens is 1. The third-order valence-electron chi connectivity index (χ3n) is 5.67. The van der Waals surface area contributed by atoms with Crippen LogP contribution < -0.4 is 4.74 Å². The van der Waals surface area contributed by atoms with E-state index in [0.717, 1.165) is 21.9 Å². The molecule has 0 aromatic heterocycles. The molecule has 1 heterocycles. The number of esters is 1. The number of hydrogen-bond donors (Lipinski definition) is 0. The van der Waals surface area contributed by atoms with Crippen LogP contribution in [0.15, 0.2) is 60.7 Å². The minimum Gasteiger partial charge on any atom is -0.489 e. The molecule has 5 heteroatoms. The molecule has 1 aliphatic rings. The smallest absolute Gasteiger partial charge is 0.316 e. The van der Waals surface area contributed by atoms with Crippen molar-refractivity contribution in [3.8, 4) is 5.75 Å². The van der Waals surface area contributed by atoms with E-state index >= 15 is 0 Å². The van der Waals surface area contributed by atoms with Gasteiger partial charge in [0.2, 0.25) is 0 Å². The van der Waals surface area contributed by atoms with E-state index in [2.05, 4.69) is 0 Å². The lowest BCUT2D eigenvalue weighted by Crippen LogP contribution is -2.42. The lowest BCUT2D eigenvalue weighted by molar-refractivity contribution is -0.154. The largest absolute Gasteiger partial charge is 0.489 e. The Morgan fingerprint density at radius 3 is 2.63 bits per heavy atom. The minimum atomic E-state index is -0.700. The van der Waals surface area contributed by atoms with Crippen molar-refractivity contribution in [2.45, 2.75) is 31.8 Å². The molecule has 0 amide bonds. The summed E-state index contributed by atoms with van der Waals surface area (Å²) in [5.41, 5.74) is 1.14. The van der Waals surface area contributed by atoms with Crippen molar-refractivity contribution in [3.05, 3.63) is 77.6 Å². The van der Waals surface area contributed by atoms with Crippen molar-refractivity contribution in [2.75, 3.05) is 19.8 Å². The van der Waals surface area contributed by atoms with E-state index < -0.39 is 5.41 Å². The predicted molar refractivity (Wildman–Crippen MR) is 113 cm³/mol. The Balaban J connectivity index is 1.55. The Morgan fingerprint density at radius 2 is 1.83 bits per heavy atom. The second-order valence-electron chi connectivity index (χ2n) is 7.56. The zero-order chi connectivity index (χ0) is 21.0. The molecule has 0 unspecified atom stereocenters. The highest BCUT2D eigenvalue weighted by Gasteiger charge is 2.43. The highest BCUT2D eigenvalue weighted by molar-refractivity contribution is 5.84. The first kappa shape index (κ1) is 20.4. The van der Waals surface area contributed by atoms with Crippen LogP contribution in [0.1, 0.15) is 30.9 Å². The van der Waals surface area contributed by atoms with E-state index in [4.69, 9.17) is 14.2 Å². The molecule has 0 bridgehead atoms. The fourth-order valence-electron chi connectivity index (χ4n) is 4.01. The van der Waals surface area contributed by atoms with Gasteiger partial charge in [0.1, 0.15) is 18.2 Å². The lowest BCUT2D eigenvalue weighted by Gasteiger charge is -2.35. The quantitative estimate of drug-likeness (QED) is 0.528. The summed E-state index contributed by atoms with van der Waals surface area (Å²) in [6.07, 6.45) is 1.18. The Bertz CT molecular complexity index is 1040. The molecule has 4 nitrogen and oxygen atoms in total. The Labute approximate surface area is 175 Å². The average molecular weight is 408 g/mol. The molecule has 0 atom stereocenters. The minimum absolute atomic E-state index is 0.206. The van der Waals surface area contributed by atoms with E-state index in [1.165, 1.54) is 12.1 Å². The number of ether oxygens (including phenoxy) is 3. The van der Waals surface area contributed by atoms with Crippen LogP contribution in [-0.2, 0) is 26.3 Å². The molecule has 3 aromatic carbocycles. The van der Waals surface area contributed by atoms with Crippen molar-refractivity contribution in [2.24, 2.45) is 0 Å². The second-order valence-corrected chi connectivity index (χ2v) is 7.56. The molecule has 30 heavy (non-hydrogen) atoms. The summed E-state index contributed by atoms with van der Waals surface area (Å²) in [5, 5.41) is 1.83. The third kappa shape index (κ3) is 4.17. The summed E-state index contributed by atoms with van der Waals surface area (Å²) in [7, 11) is 0. The number of hydrogen-bond acceptors (Lipinski definition) is 4. The maximum absolute atomic E-state index is 13.5. The van der Waals surface area contributed by atoms with Crippen molar-refractivity contribution in [1.82, 2.24) is 0 Å². The summed E-state index contributed by atoms with van der Waals surface area (Å²) in [6.45, 7) is 3.57. The normalized spacial score (nSPS) is 15.7. The van der Waals surface area contributed by atoms with Crippen LogP contribution >= 0.6 is 0 Å². The number of carbonyl (C=O) groups is 1. The van der Waals surface area contributed by atoms with Gasteiger partial charge < -0.3 is 14.2 Å². The Morgan fingerprint density at radius 1 is 1.03 bits per heavy atom. The third-order valence-corrected chi connectivity index (χ3v) is 5.67. The van der Waals surface area contributed by atoms with Crippen LogP contribution in [-0.4, -0.2) is 25.8 Å². The van der Waals surface area contributed by atoms with E-state index in [1.807, 2.05) is 49.4 Å². The molecular weight excluding hydrogens is 383 g/mol. The molecule has 0 spiro atoms. The first-order chi connectivity index (χ1) is 14.6. The van der Waals surface area contributed by atoms with Crippen molar-refractivity contribution >= 4 is 16.7 Å². The molecule has 0 aliphatic carbocycles. The number of benzene rings is 3. The Kier molecular flexibility index (Phi) is 6.00. The zero-order valence-corrected chi connectivity index (χ0v) is 17.0. The van der Waals surface area contributed by atoms with Gasteiger partial charge in [0.25, 0.3) is 0 Å². The van der Waals surface area contributed by atoms with Crippen LogP contribution in [0.3, 0.4) is 0 Å². The fraction of sp³-hybridized carbons (Fsp3) is 0.320. The number of rotatable bonds is 6. The van der Waals surface area contributed by atoms with Crippen LogP contribution in [0, 0.1) is 5.82 Å². The van der Waals surface area contributed by atoms with Gasteiger partial charge in [-0.15, -0.1) is 0 Å². The molecule has 0 radical (unpaired) electrons. The topological polar surface area (TPSA) is 44.8 Å². The van der Waals surface area contributed by atoms with Gasteiger partial charge >= 0.3 is 5.97 Å². The monoisotopic (exact) mass is 408 g/mol. The number of carbonyl (C=O) groups excluding carboxylic acids is 1. The van der Waals surface area contributed by atoms with Crippen LogP contribution in [0.25, 0.3) is 10.8 Å². The summed E-state index contributed by atoms with van der Waals surface area (Å²) in [4.78, 5) is 12.8. The first-order valence-electron chi connectivity index (χ1n) is 10.3. The molecule has 3 aromatic rings. The van der Waals surface area contributed by atoms with Gasteiger partial charge in [0.05, 0.1) is 12.0 Å². The van der Waals surface area contributed by atoms with Gasteiger partial charge in [-0.3, -0.25) is 4.79 Å². The highest BCUT2D eigenvalue weighted by atomic mass is 19.1. The lowest BCUT2D eigenvalue weighted by atomic mass is 9.74. The van der Waals surface area contributed by atoms with Crippen molar-refractivity contribution < 1.29 is 23.4 Å². The van der Waals surface area contributed by atoms with Gasteiger partial charge in [0.15, 0.2) is 0 Å². The molecule has 0 saturated carbocycles. The summed E-state index contributed by atoms with van der Waals surface area (Å²) in [6, 6.07) is 18.3. The summed E-state index contributed by atoms with van der Waals surface area (Å²) < 4.78 is 30.4. The molecule has 1 saturated heterocycles. The fourth-order valence-corrected chi connectivity index (χ4v) is 4.01. The SMILES string of the molecule is CCOC(=O)C1(c2cccc(OCc3ccc4ccc(F)cc4c3)c2)CCOCC1. The highest BCUT2D eigenvalue weighted by Crippen LogP contribution is 2.37. The molecule has 4 rings (SSSR count). The van der Waals surface area contributed by atoms with Crippen LogP contribution in [0.2, 0.25) is 0 Å². The van der Waals surface area contributed by atoms with E-state index in [0.29, 0.717) is 45.0 Å². The van der Waals surface area contributed by atoms with Gasteiger partial charge in [-0.1, -0.05) is 30.3 Å². The predicted octanol–water partition coefficient (Wildman–Crippen LogP) is 5.17. The van der Waals surface area contributed by atoms with E-state index in [-0.39, 0.29) is 11.8 Å². The maximum Gasteiger partial charge on any atom is 0.316 e. The van der Waals surface area contributed by atoms with E-state index in [9.17, 15) is 9.18 Å². The molecule has 156 valence electrons. The van der Waals surface area contributed by atoms with Crippen LogP contribution in [0.4, 0.5) is 4.39 Å². The molecule has 0 N–H and O–H groups in total. The van der Waals surface area contributed by atoms with Crippen molar-refractivity contribution in [3.63, 3.8) is 0 Å². The first-order valence-corrected chi connectivity index (χ1v) is 10.3. The summed E-state index contributed by atoms with van der Waals surface area (Å²) in [5.74, 6) is 0.220. The summed E-state index contributed by atoms with van der Waals surface area (Å²) >= 11 is 0. The van der Waals surface area contributed by atoms with Gasteiger partial charge in [-0.2, -0.15) is 0 Å². The standard InChI is InChI=1S/C25H25FO4/c1-2-29-24(27)25(10-12-28-13-11-25)21-4-3-5-23(16-21)30-17-18-6-7-19-8-9-22(26)15-20(19)14-18/h3-9,14-16H,2,10-13,17H2,1H3. The van der Waals surface area contributed by atoms with Gasteiger partial charge in [-0.05, 0) is 72.0 Å². The van der Waals surface area contributed by atoms with Crippen LogP contribution in [0.5, 0.6) is 5.75 Å². The maximum atomic E-state index is 13.5. The molecule has 1 aliphatic heterocycles. The Hall–Kier alpha value is -2.92. The second kappa shape index (κ2) is 8.84. The van der Waals surface area contributed by atoms with Gasteiger partial charge in [0, 0.05) is 13.2 Å². The number of fused-ring (bicyclic) bond motifs is 1. The zero-order valence-electron chi connectivity index (χ0n) is 17.0. The van der Waals surface area contributed by atoms with E-state index in [1.54, 1.807) is 6.07 Å². The average Bonchev–Trinajstić information content (AvgIpc) is 2.78. The molecule has 1 fully saturated rings. The van der Waals surface area contributed by atoms with Crippen molar-refractivity contribution in [1.29, 1.82) is 0 Å². The van der Waals surface area contributed by atoms with Gasteiger partial charge in [-0.25, -0.2) is 4.39 Å². The molecular formula is C25H25FO4.